The van der Waals surface area contributed by atoms with Crippen LogP contribution in [0.4, 0.5) is 21.8 Å². The Balaban J connectivity index is 1.66. The van der Waals surface area contributed by atoms with Crippen molar-refractivity contribution in [3.05, 3.63) is 45.5 Å². The van der Waals surface area contributed by atoms with Crippen molar-refractivity contribution in [2.24, 2.45) is 0 Å². The molecule has 3 N–H and O–H groups in total. The van der Waals surface area contributed by atoms with Crippen LogP contribution in [0.25, 0.3) is 0 Å². The Bertz CT molecular complexity index is 1010. The maximum absolute atomic E-state index is 14.1. The molecule has 2 aliphatic rings. The monoisotopic (exact) mass is 385 g/mol. The van der Waals surface area contributed by atoms with Crippen molar-refractivity contribution in [1.29, 1.82) is 0 Å². The quantitative estimate of drug-likeness (QED) is 0.748. The number of carbonyl (C=O) groups excluding carboxylic acids is 2. The zero-order valence-electron chi connectivity index (χ0n) is 15.3. The van der Waals surface area contributed by atoms with E-state index in [0.29, 0.717) is 11.5 Å². The highest BCUT2D eigenvalue weighted by atomic mass is 19.1. The number of nitrogens with zero attached hydrogens (tertiary/aromatic N) is 2. The van der Waals surface area contributed by atoms with Crippen molar-refractivity contribution >= 4 is 29.3 Å². The zero-order valence-corrected chi connectivity index (χ0v) is 15.3. The number of fused-ring (bicyclic) bond motifs is 1. The fourth-order valence-electron chi connectivity index (χ4n) is 3.60. The maximum Gasteiger partial charge on any atom is 0.258 e. The number of aromatic amines is 1. The van der Waals surface area contributed by atoms with Gasteiger partial charge in [-0.25, -0.2) is 4.39 Å². The highest BCUT2D eigenvalue weighted by Crippen LogP contribution is 2.31. The molecule has 3 heterocycles. The number of hydrogen-bond acceptors (Lipinski definition) is 5. The van der Waals surface area contributed by atoms with Gasteiger partial charge < -0.3 is 15.5 Å². The van der Waals surface area contributed by atoms with Gasteiger partial charge in [-0.2, -0.15) is 4.98 Å². The van der Waals surface area contributed by atoms with Crippen LogP contribution in [0.15, 0.2) is 23.0 Å². The molecule has 0 aliphatic carbocycles. The number of rotatable bonds is 3. The molecule has 1 saturated heterocycles. The molecule has 4 rings (SSSR count). The predicted molar refractivity (Wildman–Crippen MR) is 102 cm³/mol. The molecule has 2 aromatic rings. The third kappa shape index (κ3) is 3.35. The Morgan fingerprint density at radius 1 is 1.29 bits per heavy atom. The number of carbonyl (C=O) groups is 2. The third-order valence-corrected chi connectivity index (χ3v) is 5.04. The van der Waals surface area contributed by atoms with E-state index in [1.54, 1.807) is 13.0 Å². The molecule has 1 fully saturated rings. The van der Waals surface area contributed by atoms with Gasteiger partial charge in [0.15, 0.2) is 0 Å². The lowest BCUT2D eigenvalue weighted by molar-refractivity contribution is -0.123. The van der Waals surface area contributed by atoms with Crippen LogP contribution in [0.1, 0.15) is 36.3 Å². The van der Waals surface area contributed by atoms with Crippen molar-refractivity contribution < 1.29 is 14.0 Å². The van der Waals surface area contributed by atoms with Crippen molar-refractivity contribution in [2.45, 2.75) is 32.1 Å². The van der Waals surface area contributed by atoms with E-state index in [2.05, 4.69) is 20.6 Å². The molecule has 1 atom stereocenters. The summed E-state index contributed by atoms with van der Waals surface area (Å²) in [5, 5.41) is 5.06. The summed E-state index contributed by atoms with van der Waals surface area (Å²) < 4.78 is 14.1. The first-order valence-corrected chi connectivity index (χ1v) is 9.18. The normalized spacial score (nSPS) is 18.6. The number of H-pyrrole nitrogens is 1. The van der Waals surface area contributed by atoms with Gasteiger partial charge in [0.25, 0.3) is 5.56 Å². The second-order valence-electron chi connectivity index (χ2n) is 7.12. The van der Waals surface area contributed by atoms with E-state index in [9.17, 15) is 18.8 Å². The van der Waals surface area contributed by atoms with E-state index < -0.39 is 29.1 Å². The molecule has 2 aliphatic heterocycles. The van der Waals surface area contributed by atoms with Crippen LogP contribution in [-0.2, 0) is 9.59 Å². The minimum absolute atomic E-state index is 0.00112. The fourth-order valence-corrected chi connectivity index (χ4v) is 3.60. The van der Waals surface area contributed by atoms with E-state index in [1.807, 2.05) is 4.90 Å². The Morgan fingerprint density at radius 3 is 2.75 bits per heavy atom. The number of hydrogen-bond donors (Lipinski definition) is 3. The summed E-state index contributed by atoms with van der Waals surface area (Å²) in [4.78, 5) is 46.6. The van der Waals surface area contributed by atoms with Crippen LogP contribution in [0, 0.1) is 12.7 Å². The van der Waals surface area contributed by atoms with Crippen molar-refractivity contribution in [3.63, 3.8) is 0 Å². The highest BCUT2D eigenvalue weighted by Gasteiger charge is 2.35. The molecular formula is C19H20FN5O3. The largest absolute Gasteiger partial charge is 0.342 e. The lowest BCUT2D eigenvalue weighted by atomic mass is 9.92. The van der Waals surface area contributed by atoms with Crippen LogP contribution >= 0.6 is 0 Å². The Labute approximate surface area is 160 Å². The molecular weight excluding hydrogens is 365 g/mol. The molecule has 0 saturated carbocycles. The Morgan fingerprint density at radius 2 is 2.04 bits per heavy atom. The average molecular weight is 385 g/mol. The number of nitrogens with one attached hydrogen (secondary N) is 3. The van der Waals surface area contributed by atoms with Crippen LogP contribution in [-0.4, -0.2) is 34.9 Å². The van der Waals surface area contributed by atoms with Crippen LogP contribution in [0.2, 0.25) is 0 Å². The van der Waals surface area contributed by atoms with E-state index in [0.717, 1.165) is 25.9 Å². The summed E-state index contributed by atoms with van der Waals surface area (Å²) in [7, 11) is 0. The first-order valence-electron chi connectivity index (χ1n) is 9.18. The van der Waals surface area contributed by atoms with Gasteiger partial charge in [0.1, 0.15) is 11.6 Å². The Hall–Kier alpha value is -3.23. The highest BCUT2D eigenvalue weighted by molar-refractivity contribution is 6.04. The van der Waals surface area contributed by atoms with Gasteiger partial charge in [-0.05, 0) is 37.5 Å². The number of amides is 2. The lowest BCUT2D eigenvalue weighted by Crippen LogP contribution is -2.37. The number of anilines is 3. The minimum atomic E-state index is -1.05. The standard InChI is InChI=1S/C19H20FN5O3/c1-10-4-5-13(12(20)8-10)21-17(27)11-9-14(26)22-16-15(11)18(28)24-19(23-16)25-6-2-3-7-25/h4-5,8,11H,2-3,6-7,9H2,1H3,(H,21,27)(H2,22,23,24,26,28). The van der Waals surface area contributed by atoms with Gasteiger partial charge in [-0.3, -0.25) is 19.4 Å². The predicted octanol–water partition coefficient (Wildman–Crippen LogP) is 1.88. The zero-order chi connectivity index (χ0) is 19.8. The van der Waals surface area contributed by atoms with E-state index in [4.69, 9.17) is 0 Å². The molecule has 1 aromatic heterocycles. The van der Waals surface area contributed by atoms with E-state index >= 15 is 0 Å². The second-order valence-corrected chi connectivity index (χ2v) is 7.12. The second kappa shape index (κ2) is 7.06. The van der Waals surface area contributed by atoms with E-state index in [-0.39, 0.29) is 23.5 Å². The number of halogens is 1. The molecule has 9 heteroatoms. The van der Waals surface area contributed by atoms with Gasteiger partial charge in [-0.1, -0.05) is 6.07 Å². The topological polar surface area (TPSA) is 107 Å². The molecule has 2 amide bonds. The number of aromatic nitrogens is 2. The summed E-state index contributed by atoms with van der Waals surface area (Å²) in [6, 6.07) is 4.41. The summed E-state index contributed by atoms with van der Waals surface area (Å²) >= 11 is 0. The first kappa shape index (κ1) is 18.1. The molecule has 0 bridgehead atoms. The number of benzene rings is 1. The smallest absolute Gasteiger partial charge is 0.258 e. The summed E-state index contributed by atoms with van der Waals surface area (Å²) in [6.45, 7) is 3.28. The molecule has 146 valence electrons. The van der Waals surface area contributed by atoms with Gasteiger partial charge in [0.2, 0.25) is 17.8 Å². The third-order valence-electron chi connectivity index (χ3n) is 5.04. The maximum atomic E-state index is 14.1. The fraction of sp³-hybridized carbons (Fsp3) is 0.368. The van der Waals surface area contributed by atoms with Crippen LogP contribution in [0.3, 0.4) is 0 Å². The van der Waals surface area contributed by atoms with E-state index in [1.165, 1.54) is 12.1 Å². The SMILES string of the molecule is Cc1ccc(NC(=O)C2CC(=O)Nc3nc(N4CCCC4)[nH]c(=O)c32)c(F)c1. The molecule has 0 radical (unpaired) electrons. The summed E-state index contributed by atoms with van der Waals surface area (Å²) in [6.07, 6.45) is 1.79. The van der Waals surface area contributed by atoms with Crippen LogP contribution in [0.5, 0.6) is 0 Å². The summed E-state index contributed by atoms with van der Waals surface area (Å²) in [5.74, 6) is -2.19. The molecule has 0 spiro atoms. The molecule has 8 nitrogen and oxygen atoms in total. The Kier molecular flexibility index (Phi) is 4.58. The lowest BCUT2D eigenvalue weighted by Gasteiger charge is -2.25. The van der Waals surface area contributed by atoms with Gasteiger partial charge in [0, 0.05) is 19.5 Å². The van der Waals surface area contributed by atoms with Gasteiger partial charge >= 0.3 is 0 Å². The molecule has 28 heavy (non-hydrogen) atoms. The van der Waals surface area contributed by atoms with Crippen molar-refractivity contribution in [1.82, 2.24) is 9.97 Å². The first-order chi connectivity index (χ1) is 13.4. The van der Waals surface area contributed by atoms with Crippen molar-refractivity contribution in [2.75, 3.05) is 28.6 Å². The average Bonchev–Trinajstić information content (AvgIpc) is 3.17. The minimum Gasteiger partial charge on any atom is -0.342 e. The number of aryl methyl sites for hydroxylation is 1. The summed E-state index contributed by atoms with van der Waals surface area (Å²) in [5.41, 5.74) is 0.332. The van der Waals surface area contributed by atoms with Gasteiger partial charge in [-0.15, -0.1) is 0 Å². The van der Waals surface area contributed by atoms with Crippen molar-refractivity contribution in [3.8, 4) is 0 Å². The van der Waals surface area contributed by atoms with Crippen LogP contribution < -0.4 is 21.1 Å². The molecule has 1 aromatic carbocycles. The van der Waals surface area contributed by atoms with Gasteiger partial charge in [0.05, 0.1) is 17.2 Å². The molecule has 1 unspecified atom stereocenters.